The Balaban J connectivity index is 2.22. The highest BCUT2D eigenvalue weighted by Crippen LogP contribution is 2.26. The van der Waals surface area contributed by atoms with Gasteiger partial charge in [-0.15, -0.1) is 0 Å². The van der Waals surface area contributed by atoms with Gasteiger partial charge in [0.05, 0.1) is 22.1 Å². The van der Waals surface area contributed by atoms with Crippen LogP contribution in [0.1, 0.15) is 5.56 Å². The Labute approximate surface area is 140 Å². The van der Waals surface area contributed by atoms with E-state index in [2.05, 4.69) is 0 Å². The van der Waals surface area contributed by atoms with Gasteiger partial charge in [0.2, 0.25) is 10.0 Å². The zero-order chi connectivity index (χ0) is 16.3. The van der Waals surface area contributed by atoms with E-state index in [1.165, 1.54) is 29.6 Å². The smallest absolute Gasteiger partial charge is 0.243 e. The summed E-state index contributed by atoms with van der Waals surface area (Å²) in [5.41, 5.74) is 0.854. The number of benzene rings is 2. The molecule has 0 aromatic heterocycles. The molecule has 2 aromatic rings. The van der Waals surface area contributed by atoms with Gasteiger partial charge in [-0.3, -0.25) is 0 Å². The monoisotopic (exact) mass is 359 g/mol. The molecule has 0 N–H and O–H groups in total. The molecule has 0 bridgehead atoms. The zero-order valence-corrected chi connectivity index (χ0v) is 14.4. The predicted octanol–water partition coefficient (Wildman–Crippen LogP) is 3.82. The largest absolute Gasteiger partial charge is 0.497 e. The van der Waals surface area contributed by atoms with Crippen molar-refractivity contribution in [2.45, 2.75) is 11.4 Å². The minimum atomic E-state index is -3.63. The highest BCUT2D eigenvalue weighted by Gasteiger charge is 2.21. The molecular weight excluding hydrogens is 345 g/mol. The Morgan fingerprint density at radius 3 is 2.23 bits per heavy atom. The fourth-order valence-electron chi connectivity index (χ4n) is 1.89. The minimum Gasteiger partial charge on any atom is -0.497 e. The SMILES string of the molecule is COc1ccc(CN(C)S(=O)(=O)c2ccc(Cl)c(Cl)c2)cc1. The first-order valence-electron chi connectivity index (χ1n) is 6.39. The molecule has 4 nitrogen and oxygen atoms in total. The first-order chi connectivity index (χ1) is 10.3. The van der Waals surface area contributed by atoms with Gasteiger partial charge in [0.15, 0.2) is 0 Å². The van der Waals surface area contributed by atoms with E-state index in [-0.39, 0.29) is 16.5 Å². The van der Waals surface area contributed by atoms with Gasteiger partial charge in [0.25, 0.3) is 0 Å². The molecule has 0 heterocycles. The summed E-state index contributed by atoms with van der Waals surface area (Å²) in [5.74, 6) is 0.721. The van der Waals surface area contributed by atoms with Gasteiger partial charge >= 0.3 is 0 Å². The number of hydrogen-bond acceptors (Lipinski definition) is 3. The highest BCUT2D eigenvalue weighted by atomic mass is 35.5. The maximum Gasteiger partial charge on any atom is 0.243 e. The molecule has 0 atom stereocenters. The molecular formula is C15H15Cl2NO3S. The summed E-state index contributed by atoms with van der Waals surface area (Å²) < 4.78 is 31.4. The van der Waals surface area contributed by atoms with Crippen molar-refractivity contribution in [1.29, 1.82) is 0 Å². The Kier molecular flexibility index (Phi) is 5.34. The van der Waals surface area contributed by atoms with Crippen LogP contribution in [0.15, 0.2) is 47.4 Å². The Hall–Kier alpha value is -1.27. The number of hydrogen-bond donors (Lipinski definition) is 0. The fraction of sp³-hybridized carbons (Fsp3) is 0.200. The molecule has 0 unspecified atom stereocenters. The molecule has 0 aliphatic heterocycles. The molecule has 0 radical (unpaired) electrons. The van der Waals surface area contributed by atoms with E-state index in [0.29, 0.717) is 5.02 Å². The Bertz CT molecular complexity index is 761. The van der Waals surface area contributed by atoms with E-state index in [1.54, 1.807) is 19.2 Å². The second-order valence-corrected chi connectivity index (χ2v) is 7.54. The van der Waals surface area contributed by atoms with Crippen molar-refractivity contribution in [3.8, 4) is 5.75 Å². The second-order valence-electron chi connectivity index (χ2n) is 4.69. The van der Waals surface area contributed by atoms with Crippen LogP contribution in [0, 0.1) is 0 Å². The first kappa shape index (κ1) is 17.1. The zero-order valence-electron chi connectivity index (χ0n) is 12.1. The molecule has 118 valence electrons. The molecule has 0 amide bonds. The second kappa shape index (κ2) is 6.87. The number of rotatable bonds is 5. The lowest BCUT2D eigenvalue weighted by Crippen LogP contribution is -2.26. The molecule has 7 heteroatoms. The van der Waals surface area contributed by atoms with Crippen LogP contribution in [-0.4, -0.2) is 26.9 Å². The van der Waals surface area contributed by atoms with Crippen LogP contribution >= 0.6 is 23.2 Å². The maximum absolute atomic E-state index is 12.5. The summed E-state index contributed by atoms with van der Waals surface area (Å²) in [4.78, 5) is 0.109. The van der Waals surface area contributed by atoms with Gasteiger partial charge in [-0.25, -0.2) is 8.42 Å². The molecule has 0 spiro atoms. The van der Waals surface area contributed by atoms with Crippen LogP contribution in [0.3, 0.4) is 0 Å². The van der Waals surface area contributed by atoms with Crippen molar-refractivity contribution in [2.24, 2.45) is 0 Å². The summed E-state index contributed by atoms with van der Waals surface area (Å²) in [5, 5.41) is 0.527. The van der Waals surface area contributed by atoms with E-state index < -0.39 is 10.0 Å². The summed E-state index contributed by atoms with van der Waals surface area (Å²) in [7, 11) is -0.538. The minimum absolute atomic E-state index is 0.109. The van der Waals surface area contributed by atoms with Gasteiger partial charge in [-0.2, -0.15) is 4.31 Å². The number of halogens is 2. The highest BCUT2D eigenvalue weighted by molar-refractivity contribution is 7.89. The fourth-order valence-corrected chi connectivity index (χ4v) is 3.44. The third kappa shape index (κ3) is 3.73. The predicted molar refractivity (Wildman–Crippen MR) is 88.1 cm³/mol. The summed E-state index contributed by atoms with van der Waals surface area (Å²) >= 11 is 11.7. The Morgan fingerprint density at radius 2 is 1.68 bits per heavy atom. The quantitative estimate of drug-likeness (QED) is 0.814. The molecule has 2 aromatic carbocycles. The normalized spacial score (nSPS) is 11.7. The lowest BCUT2D eigenvalue weighted by molar-refractivity contribution is 0.414. The average molecular weight is 360 g/mol. The van der Waals surface area contributed by atoms with Crippen LogP contribution in [-0.2, 0) is 16.6 Å². The van der Waals surface area contributed by atoms with Crippen molar-refractivity contribution in [2.75, 3.05) is 14.2 Å². The average Bonchev–Trinajstić information content (AvgIpc) is 2.50. The third-order valence-electron chi connectivity index (χ3n) is 3.16. The summed E-state index contributed by atoms with van der Waals surface area (Å²) in [6.45, 7) is 0.243. The lowest BCUT2D eigenvalue weighted by atomic mass is 10.2. The lowest BCUT2D eigenvalue weighted by Gasteiger charge is -2.17. The summed E-state index contributed by atoms with van der Waals surface area (Å²) in [6, 6.07) is 11.5. The van der Waals surface area contributed by atoms with Crippen molar-refractivity contribution in [3.05, 3.63) is 58.1 Å². The van der Waals surface area contributed by atoms with E-state index in [0.717, 1.165) is 11.3 Å². The standard InChI is InChI=1S/C15H15Cl2NO3S/c1-18(10-11-3-5-12(21-2)6-4-11)22(19,20)13-7-8-14(16)15(17)9-13/h3-9H,10H2,1-2H3. The van der Waals surface area contributed by atoms with Gasteiger partial charge in [-0.1, -0.05) is 35.3 Å². The van der Waals surface area contributed by atoms with Gasteiger partial charge < -0.3 is 4.74 Å². The van der Waals surface area contributed by atoms with Crippen molar-refractivity contribution in [1.82, 2.24) is 4.31 Å². The van der Waals surface area contributed by atoms with Crippen LogP contribution in [0.2, 0.25) is 10.0 Å². The molecule has 0 fully saturated rings. The van der Waals surface area contributed by atoms with Gasteiger partial charge in [0, 0.05) is 13.6 Å². The Morgan fingerprint density at radius 1 is 1.05 bits per heavy atom. The van der Waals surface area contributed by atoms with Crippen LogP contribution in [0.25, 0.3) is 0 Å². The molecule has 0 aliphatic carbocycles. The van der Waals surface area contributed by atoms with Gasteiger partial charge in [-0.05, 0) is 35.9 Å². The molecule has 0 saturated heterocycles. The number of sulfonamides is 1. The number of ether oxygens (including phenoxy) is 1. The van der Waals surface area contributed by atoms with Crippen LogP contribution < -0.4 is 4.74 Å². The molecule has 0 saturated carbocycles. The van der Waals surface area contributed by atoms with Crippen LogP contribution in [0.5, 0.6) is 5.75 Å². The number of methoxy groups -OCH3 is 1. The van der Waals surface area contributed by atoms with E-state index in [9.17, 15) is 8.42 Å². The van der Waals surface area contributed by atoms with Gasteiger partial charge in [0.1, 0.15) is 5.75 Å². The maximum atomic E-state index is 12.5. The third-order valence-corrected chi connectivity index (χ3v) is 5.70. The molecule has 22 heavy (non-hydrogen) atoms. The van der Waals surface area contributed by atoms with Crippen molar-refractivity contribution < 1.29 is 13.2 Å². The topological polar surface area (TPSA) is 46.6 Å². The van der Waals surface area contributed by atoms with Crippen molar-refractivity contribution in [3.63, 3.8) is 0 Å². The number of nitrogens with zero attached hydrogens (tertiary/aromatic N) is 1. The van der Waals surface area contributed by atoms with Crippen LogP contribution in [0.4, 0.5) is 0 Å². The summed E-state index contributed by atoms with van der Waals surface area (Å²) in [6.07, 6.45) is 0. The van der Waals surface area contributed by atoms with E-state index in [4.69, 9.17) is 27.9 Å². The first-order valence-corrected chi connectivity index (χ1v) is 8.58. The molecule has 0 aliphatic rings. The van der Waals surface area contributed by atoms with E-state index in [1.807, 2.05) is 12.1 Å². The molecule has 2 rings (SSSR count). The van der Waals surface area contributed by atoms with Crippen molar-refractivity contribution >= 4 is 33.2 Å². The van der Waals surface area contributed by atoms with E-state index >= 15 is 0 Å².